The third-order valence-corrected chi connectivity index (χ3v) is 2.56. The van der Waals surface area contributed by atoms with E-state index in [4.69, 9.17) is 11.5 Å². The molecule has 0 aliphatic heterocycles. The van der Waals surface area contributed by atoms with Gasteiger partial charge in [0.1, 0.15) is 0 Å². The van der Waals surface area contributed by atoms with Gasteiger partial charge < -0.3 is 11.5 Å². The maximum atomic E-state index is 5.58. The lowest BCUT2D eigenvalue weighted by Crippen LogP contribution is -2.26. The Morgan fingerprint density at radius 2 is 1.50 bits per heavy atom. The molecule has 0 saturated heterocycles. The van der Waals surface area contributed by atoms with E-state index in [1.807, 2.05) is 0 Å². The Bertz CT molecular complexity index is 83.3. The van der Waals surface area contributed by atoms with E-state index in [0.717, 1.165) is 24.9 Å². The first-order chi connectivity index (χ1) is 4.86. The first kappa shape index (κ1) is 8.02. The molecule has 0 amide bonds. The van der Waals surface area contributed by atoms with Crippen LogP contribution < -0.4 is 11.5 Å². The zero-order valence-corrected chi connectivity index (χ0v) is 6.55. The predicted molar refractivity (Wildman–Crippen MR) is 43.6 cm³/mol. The van der Waals surface area contributed by atoms with E-state index in [2.05, 4.69) is 0 Å². The van der Waals surface area contributed by atoms with Crippen LogP contribution in [0.2, 0.25) is 0 Å². The molecule has 0 radical (unpaired) electrons. The Hall–Kier alpha value is -0.0800. The van der Waals surface area contributed by atoms with Crippen LogP contribution >= 0.6 is 0 Å². The molecule has 0 aromatic heterocycles. The van der Waals surface area contributed by atoms with Crippen LogP contribution in [0.1, 0.15) is 25.7 Å². The average molecular weight is 142 g/mol. The lowest BCUT2D eigenvalue weighted by molar-refractivity contribution is 0.277. The van der Waals surface area contributed by atoms with Crippen molar-refractivity contribution in [1.82, 2.24) is 0 Å². The third kappa shape index (κ3) is 1.96. The van der Waals surface area contributed by atoms with Crippen LogP contribution in [0.25, 0.3) is 0 Å². The largest absolute Gasteiger partial charge is 0.330 e. The second-order valence-corrected chi connectivity index (χ2v) is 3.37. The molecule has 2 unspecified atom stereocenters. The molecule has 1 aliphatic rings. The molecular formula is C8H18N2. The van der Waals surface area contributed by atoms with Crippen molar-refractivity contribution in [2.24, 2.45) is 23.3 Å². The van der Waals surface area contributed by atoms with Gasteiger partial charge in [0.2, 0.25) is 0 Å². The Kier molecular flexibility index (Phi) is 3.16. The van der Waals surface area contributed by atoms with E-state index < -0.39 is 0 Å². The second-order valence-electron chi connectivity index (χ2n) is 3.37. The zero-order valence-electron chi connectivity index (χ0n) is 6.55. The summed E-state index contributed by atoms with van der Waals surface area (Å²) in [6.45, 7) is 1.72. The number of hydrogen-bond acceptors (Lipinski definition) is 2. The summed E-state index contributed by atoms with van der Waals surface area (Å²) in [6, 6.07) is 0. The molecule has 60 valence electrons. The van der Waals surface area contributed by atoms with Crippen molar-refractivity contribution < 1.29 is 0 Å². The Morgan fingerprint density at radius 1 is 1.00 bits per heavy atom. The Morgan fingerprint density at radius 3 is 1.90 bits per heavy atom. The number of hydrogen-bond donors (Lipinski definition) is 2. The van der Waals surface area contributed by atoms with Gasteiger partial charge in [-0.15, -0.1) is 0 Å². The van der Waals surface area contributed by atoms with Gasteiger partial charge in [-0.25, -0.2) is 0 Å². The highest BCUT2D eigenvalue weighted by Gasteiger charge is 2.19. The smallest absolute Gasteiger partial charge is 0.00488 e. The molecule has 1 aliphatic carbocycles. The fraction of sp³-hybridized carbons (Fsp3) is 1.00. The summed E-state index contributed by atoms with van der Waals surface area (Å²) in [7, 11) is 0. The summed E-state index contributed by atoms with van der Waals surface area (Å²) in [4.78, 5) is 0. The molecule has 0 bridgehead atoms. The summed E-state index contributed by atoms with van der Waals surface area (Å²) >= 11 is 0. The Balaban J connectivity index is 2.25. The van der Waals surface area contributed by atoms with Gasteiger partial charge in [-0.05, 0) is 44.2 Å². The van der Waals surface area contributed by atoms with Crippen molar-refractivity contribution in [2.75, 3.05) is 13.1 Å². The second kappa shape index (κ2) is 3.94. The van der Waals surface area contributed by atoms with Crippen LogP contribution in [0.5, 0.6) is 0 Å². The van der Waals surface area contributed by atoms with Gasteiger partial charge in [0, 0.05) is 0 Å². The zero-order chi connectivity index (χ0) is 7.40. The fourth-order valence-electron chi connectivity index (χ4n) is 1.83. The summed E-state index contributed by atoms with van der Waals surface area (Å²) < 4.78 is 0. The molecule has 1 saturated carbocycles. The highest BCUT2D eigenvalue weighted by molar-refractivity contribution is 4.73. The molecule has 10 heavy (non-hydrogen) atoms. The van der Waals surface area contributed by atoms with Crippen LogP contribution in [0.3, 0.4) is 0 Å². The van der Waals surface area contributed by atoms with E-state index in [-0.39, 0.29) is 0 Å². The third-order valence-electron chi connectivity index (χ3n) is 2.56. The van der Waals surface area contributed by atoms with Gasteiger partial charge in [0.25, 0.3) is 0 Å². The Labute approximate surface area is 63.0 Å². The fourth-order valence-corrected chi connectivity index (χ4v) is 1.83. The predicted octanol–water partition coefficient (Wildman–Crippen LogP) is 0.710. The lowest BCUT2D eigenvalue weighted by atomic mass is 9.81. The summed E-state index contributed by atoms with van der Waals surface area (Å²) in [5, 5.41) is 0. The first-order valence-corrected chi connectivity index (χ1v) is 4.27. The monoisotopic (exact) mass is 142 g/mol. The minimum Gasteiger partial charge on any atom is -0.330 e. The van der Waals surface area contributed by atoms with E-state index in [1.54, 1.807) is 0 Å². The minimum atomic E-state index is 0.766. The number of rotatable bonds is 2. The molecule has 1 rings (SSSR count). The van der Waals surface area contributed by atoms with Gasteiger partial charge in [0.15, 0.2) is 0 Å². The van der Waals surface area contributed by atoms with Gasteiger partial charge in [-0.2, -0.15) is 0 Å². The first-order valence-electron chi connectivity index (χ1n) is 4.27. The molecule has 2 heteroatoms. The van der Waals surface area contributed by atoms with E-state index in [9.17, 15) is 0 Å². The maximum absolute atomic E-state index is 5.58. The maximum Gasteiger partial charge on any atom is -0.00488 e. The van der Waals surface area contributed by atoms with E-state index in [1.165, 1.54) is 25.7 Å². The summed E-state index contributed by atoms with van der Waals surface area (Å²) in [5.74, 6) is 1.53. The normalized spacial score (nSPS) is 34.2. The molecule has 2 nitrogen and oxygen atoms in total. The minimum absolute atomic E-state index is 0.766. The quantitative estimate of drug-likeness (QED) is 0.596. The standard InChI is InChI=1S/C8H18N2/c9-5-7-2-1-3-8(4-7)6-10/h7-8H,1-6,9-10H2. The van der Waals surface area contributed by atoms with Crippen molar-refractivity contribution in [3.8, 4) is 0 Å². The molecule has 4 N–H and O–H groups in total. The highest BCUT2D eigenvalue weighted by atomic mass is 14.6. The molecule has 0 aromatic rings. The molecular weight excluding hydrogens is 124 g/mol. The van der Waals surface area contributed by atoms with Crippen LogP contribution in [-0.2, 0) is 0 Å². The molecule has 2 atom stereocenters. The topological polar surface area (TPSA) is 52.0 Å². The molecule has 0 heterocycles. The lowest BCUT2D eigenvalue weighted by Gasteiger charge is -2.26. The number of nitrogens with two attached hydrogens (primary N) is 2. The van der Waals surface area contributed by atoms with Crippen LogP contribution in [0.15, 0.2) is 0 Å². The van der Waals surface area contributed by atoms with Gasteiger partial charge in [0.05, 0.1) is 0 Å². The summed E-state index contributed by atoms with van der Waals surface area (Å²) in [6.07, 6.45) is 5.26. The summed E-state index contributed by atoms with van der Waals surface area (Å²) in [5.41, 5.74) is 11.2. The van der Waals surface area contributed by atoms with Gasteiger partial charge in [-0.1, -0.05) is 6.42 Å². The van der Waals surface area contributed by atoms with Crippen molar-refractivity contribution in [2.45, 2.75) is 25.7 Å². The molecule has 0 spiro atoms. The van der Waals surface area contributed by atoms with Gasteiger partial charge >= 0.3 is 0 Å². The molecule has 0 aromatic carbocycles. The van der Waals surface area contributed by atoms with Crippen molar-refractivity contribution in [3.63, 3.8) is 0 Å². The van der Waals surface area contributed by atoms with Crippen molar-refractivity contribution >= 4 is 0 Å². The SMILES string of the molecule is NCC1CCCC(CN)C1. The van der Waals surface area contributed by atoms with Gasteiger partial charge in [-0.3, -0.25) is 0 Å². The van der Waals surface area contributed by atoms with E-state index >= 15 is 0 Å². The molecule has 1 fully saturated rings. The van der Waals surface area contributed by atoms with Crippen LogP contribution in [-0.4, -0.2) is 13.1 Å². The van der Waals surface area contributed by atoms with Crippen LogP contribution in [0, 0.1) is 11.8 Å². The average Bonchev–Trinajstić information content (AvgIpc) is 2.05. The van der Waals surface area contributed by atoms with E-state index in [0.29, 0.717) is 0 Å². The highest BCUT2D eigenvalue weighted by Crippen LogP contribution is 2.27. The van der Waals surface area contributed by atoms with Crippen molar-refractivity contribution in [3.05, 3.63) is 0 Å². The van der Waals surface area contributed by atoms with Crippen molar-refractivity contribution in [1.29, 1.82) is 0 Å². The van der Waals surface area contributed by atoms with Crippen LogP contribution in [0.4, 0.5) is 0 Å².